The van der Waals surface area contributed by atoms with Crippen LogP contribution in [0.5, 0.6) is 0 Å². The van der Waals surface area contributed by atoms with Gasteiger partial charge in [-0.05, 0) is 12.8 Å². The average Bonchev–Trinajstić information content (AvgIpc) is 2.64. The van der Waals surface area contributed by atoms with Crippen molar-refractivity contribution in [1.82, 2.24) is 9.80 Å². The van der Waals surface area contributed by atoms with Crippen LogP contribution in [0.25, 0.3) is 0 Å². The van der Waals surface area contributed by atoms with E-state index in [1.54, 1.807) is 21.1 Å². The van der Waals surface area contributed by atoms with Crippen molar-refractivity contribution < 1.29 is 9.59 Å². The van der Waals surface area contributed by atoms with E-state index in [4.69, 9.17) is 5.73 Å². The zero-order valence-corrected chi connectivity index (χ0v) is 11.0. The number of rotatable bonds is 4. The minimum absolute atomic E-state index is 0.0374. The summed E-state index contributed by atoms with van der Waals surface area (Å²) in [6, 6.07) is 0. The Bertz CT molecular complexity index is 296. The zero-order chi connectivity index (χ0) is 13.1. The summed E-state index contributed by atoms with van der Waals surface area (Å²) in [7, 11) is 5.02. The maximum atomic E-state index is 11.9. The molecule has 0 aliphatic heterocycles. The van der Waals surface area contributed by atoms with Crippen LogP contribution in [0.15, 0.2) is 0 Å². The lowest BCUT2D eigenvalue weighted by atomic mass is 9.94. The van der Waals surface area contributed by atoms with Gasteiger partial charge in [0, 0.05) is 33.1 Å². The third-order valence-electron chi connectivity index (χ3n) is 3.40. The van der Waals surface area contributed by atoms with Crippen LogP contribution in [0.4, 0.5) is 0 Å². The molecule has 1 aliphatic carbocycles. The van der Waals surface area contributed by atoms with E-state index in [1.807, 2.05) is 0 Å². The van der Waals surface area contributed by atoms with E-state index in [0.717, 1.165) is 25.7 Å². The number of carbonyl (C=O) groups excluding carboxylic acids is 2. The van der Waals surface area contributed by atoms with Gasteiger partial charge in [-0.25, -0.2) is 0 Å². The van der Waals surface area contributed by atoms with Gasteiger partial charge in [-0.15, -0.1) is 0 Å². The highest BCUT2D eigenvalue weighted by atomic mass is 16.2. The van der Waals surface area contributed by atoms with Gasteiger partial charge in [-0.2, -0.15) is 0 Å². The van der Waals surface area contributed by atoms with Crippen LogP contribution in [0.2, 0.25) is 0 Å². The molecule has 5 heteroatoms. The number of nitrogens with zero attached hydrogens (tertiary/aromatic N) is 2. The van der Waals surface area contributed by atoms with Crippen molar-refractivity contribution in [3.63, 3.8) is 0 Å². The highest BCUT2D eigenvalue weighted by Crippen LogP contribution is 2.30. The number of hydrogen-bond acceptors (Lipinski definition) is 3. The molecule has 1 fully saturated rings. The number of carbonyl (C=O) groups is 2. The molecule has 0 saturated heterocycles. The van der Waals surface area contributed by atoms with E-state index >= 15 is 0 Å². The highest BCUT2D eigenvalue weighted by Gasteiger charge is 2.32. The van der Waals surface area contributed by atoms with Gasteiger partial charge in [-0.3, -0.25) is 9.59 Å². The second kappa shape index (κ2) is 5.49. The quantitative estimate of drug-likeness (QED) is 0.764. The molecule has 2 amide bonds. The number of hydrogen-bond donors (Lipinski definition) is 1. The standard InChI is InChI=1S/C12H23N3O2/c1-14(2)11(17)9-15(3)10(16)8-12(13)6-4-5-7-12/h4-9,13H2,1-3H3. The average molecular weight is 241 g/mol. The zero-order valence-electron chi connectivity index (χ0n) is 11.0. The third-order valence-corrected chi connectivity index (χ3v) is 3.40. The number of amides is 2. The van der Waals surface area contributed by atoms with Crippen LogP contribution in [0, 0.1) is 0 Å². The first kappa shape index (κ1) is 14.0. The fraction of sp³-hybridized carbons (Fsp3) is 0.833. The van der Waals surface area contributed by atoms with Crippen molar-refractivity contribution in [3.8, 4) is 0 Å². The van der Waals surface area contributed by atoms with Gasteiger partial charge >= 0.3 is 0 Å². The Morgan fingerprint density at radius 3 is 2.12 bits per heavy atom. The predicted molar refractivity (Wildman–Crippen MR) is 66.3 cm³/mol. The molecule has 0 spiro atoms. The van der Waals surface area contributed by atoms with Crippen LogP contribution < -0.4 is 5.73 Å². The molecule has 0 bridgehead atoms. The molecule has 5 nitrogen and oxygen atoms in total. The first-order valence-electron chi connectivity index (χ1n) is 6.07. The molecule has 0 unspecified atom stereocenters. The van der Waals surface area contributed by atoms with Crippen molar-refractivity contribution in [2.75, 3.05) is 27.7 Å². The van der Waals surface area contributed by atoms with E-state index in [9.17, 15) is 9.59 Å². The summed E-state index contributed by atoms with van der Waals surface area (Å²) in [6.07, 6.45) is 4.38. The molecule has 0 heterocycles. The summed E-state index contributed by atoms with van der Waals surface area (Å²) in [5.41, 5.74) is 5.80. The van der Waals surface area contributed by atoms with Crippen LogP contribution in [0.1, 0.15) is 32.1 Å². The van der Waals surface area contributed by atoms with Crippen LogP contribution in [-0.2, 0) is 9.59 Å². The predicted octanol–water partition coefficient (Wildman–Crippen LogP) is 0.195. The van der Waals surface area contributed by atoms with E-state index in [1.165, 1.54) is 9.80 Å². The highest BCUT2D eigenvalue weighted by molar-refractivity contribution is 5.84. The summed E-state index contributed by atoms with van der Waals surface area (Å²) in [5.74, 6) is -0.108. The molecule has 2 N–H and O–H groups in total. The maximum Gasteiger partial charge on any atom is 0.241 e. The Labute approximate surface area is 103 Å². The fourth-order valence-electron chi connectivity index (χ4n) is 2.12. The molecule has 98 valence electrons. The first-order chi connectivity index (χ1) is 7.84. The second-order valence-electron chi connectivity index (χ2n) is 5.28. The van der Waals surface area contributed by atoms with Gasteiger partial charge in [0.2, 0.25) is 11.8 Å². The minimum atomic E-state index is -0.341. The van der Waals surface area contributed by atoms with Crippen LogP contribution >= 0.6 is 0 Å². The molecular weight excluding hydrogens is 218 g/mol. The van der Waals surface area contributed by atoms with Gasteiger partial charge < -0.3 is 15.5 Å². The molecule has 1 saturated carbocycles. The second-order valence-corrected chi connectivity index (χ2v) is 5.28. The summed E-state index contributed by atoms with van der Waals surface area (Å²) < 4.78 is 0. The molecule has 17 heavy (non-hydrogen) atoms. The summed E-state index contributed by atoms with van der Waals surface area (Å²) in [5, 5.41) is 0. The lowest BCUT2D eigenvalue weighted by molar-refractivity contribution is -0.138. The van der Waals surface area contributed by atoms with E-state index in [2.05, 4.69) is 0 Å². The molecule has 0 atom stereocenters. The summed E-state index contributed by atoms with van der Waals surface area (Å²) in [6.45, 7) is 0.127. The fourth-order valence-corrected chi connectivity index (χ4v) is 2.12. The summed E-state index contributed by atoms with van der Waals surface area (Å²) in [4.78, 5) is 26.4. The minimum Gasteiger partial charge on any atom is -0.347 e. The lowest BCUT2D eigenvalue weighted by Gasteiger charge is -2.26. The van der Waals surface area contributed by atoms with E-state index in [0.29, 0.717) is 6.42 Å². The lowest BCUT2D eigenvalue weighted by Crippen LogP contribution is -2.45. The Kier molecular flexibility index (Phi) is 4.51. The Morgan fingerprint density at radius 2 is 1.65 bits per heavy atom. The third kappa shape index (κ3) is 4.00. The van der Waals surface area contributed by atoms with Gasteiger partial charge in [-0.1, -0.05) is 12.8 Å². The number of likely N-dealkylation sites (N-methyl/N-ethyl adjacent to an activating group) is 2. The Balaban J connectivity index is 2.44. The van der Waals surface area contributed by atoms with Gasteiger partial charge in [0.25, 0.3) is 0 Å². The van der Waals surface area contributed by atoms with E-state index in [-0.39, 0.29) is 23.9 Å². The van der Waals surface area contributed by atoms with Crippen molar-refractivity contribution in [2.45, 2.75) is 37.6 Å². The van der Waals surface area contributed by atoms with Crippen LogP contribution in [0.3, 0.4) is 0 Å². The van der Waals surface area contributed by atoms with E-state index < -0.39 is 0 Å². The van der Waals surface area contributed by atoms with Gasteiger partial charge in [0.15, 0.2) is 0 Å². The monoisotopic (exact) mass is 241 g/mol. The molecule has 0 aromatic rings. The van der Waals surface area contributed by atoms with Gasteiger partial charge in [0.1, 0.15) is 0 Å². The summed E-state index contributed by atoms with van der Waals surface area (Å²) >= 11 is 0. The SMILES string of the molecule is CN(C)C(=O)CN(C)C(=O)CC1(N)CCCC1. The van der Waals surface area contributed by atoms with Crippen molar-refractivity contribution in [2.24, 2.45) is 5.73 Å². The molecular formula is C12H23N3O2. The van der Waals surface area contributed by atoms with Crippen LogP contribution in [-0.4, -0.2) is 54.8 Å². The Morgan fingerprint density at radius 1 is 1.12 bits per heavy atom. The molecule has 0 aromatic carbocycles. The first-order valence-corrected chi connectivity index (χ1v) is 6.07. The Hall–Kier alpha value is -1.10. The number of nitrogens with two attached hydrogens (primary N) is 1. The molecule has 1 rings (SSSR count). The molecule has 0 radical (unpaired) electrons. The van der Waals surface area contributed by atoms with Crippen molar-refractivity contribution >= 4 is 11.8 Å². The van der Waals surface area contributed by atoms with Gasteiger partial charge in [0.05, 0.1) is 6.54 Å². The molecule has 0 aromatic heterocycles. The largest absolute Gasteiger partial charge is 0.347 e. The molecule has 1 aliphatic rings. The smallest absolute Gasteiger partial charge is 0.241 e. The van der Waals surface area contributed by atoms with Crippen molar-refractivity contribution in [1.29, 1.82) is 0 Å². The van der Waals surface area contributed by atoms with Crippen molar-refractivity contribution in [3.05, 3.63) is 0 Å². The normalized spacial score (nSPS) is 17.9. The topological polar surface area (TPSA) is 66.6 Å². The maximum absolute atomic E-state index is 11.9.